The predicted molar refractivity (Wildman–Crippen MR) is 99.3 cm³/mol. The maximum atomic E-state index is 11.9. The Bertz CT molecular complexity index is 375. The quantitative estimate of drug-likeness (QED) is 0.246. The van der Waals surface area contributed by atoms with Crippen molar-refractivity contribution in [2.45, 2.75) is 19.1 Å². The van der Waals surface area contributed by atoms with E-state index in [0.717, 1.165) is 0 Å². The van der Waals surface area contributed by atoms with Crippen LogP contribution in [-0.2, 0) is 33.3 Å². The van der Waals surface area contributed by atoms with Gasteiger partial charge in [0.1, 0.15) is 6.10 Å². The zero-order valence-electron chi connectivity index (χ0n) is 15.9. The Kier molecular flexibility index (Phi) is 16.9. The van der Waals surface area contributed by atoms with Crippen molar-refractivity contribution in [1.82, 2.24) is 5.32 Å². The van der Waals surface area contributed by atoms with Crippen LogP contribution in [0.1, 0.15) is 6.92 Å². The Morgan fingerprint density at radius 1 is 1.00 bits per heavy atom. The third-order valence-corrected chi connectivity index (χ3v) is 4.17. The summed E-state index contributed by atoms with van der Waals surface area (Å²) in [6.07, 6.45) is -0.350. The minimum Gasteiger partial charge on any atom is -0.459 e. The Morgan fingerprint density at radius 3 is 2.27 bits per heavy atom. The van der Waals surface area contributed by atoms with E-state index in [9.17, 15) is 9.59 Å². The Morgan fingerprint density at radius 2 is 1.65 bits per heavy atom. The van der Waals surface area contributed by atoms with E-state index in [4.69, 9.17) is 29.4 Å². The van der Waals surface area contributed by atoms with Gasteiger partial charge in [-0.2, -0.15) is 11.8 Å². The third kappa shape index (κ3) is 15.4. The van der Waals surface area contributed by atoms with Crippen LogP contribution in [0.3, 0.4) is 0 Å². The number of thioether (sulfide) groups is 1. The van der Waals surface area contributed by atoms with Crippen molar-refractivity contribution in [1.29, 1.82) is 0 Å². The van der Waals surface area contributed by atoms with Gasteiger partial charge in [0, 0.05) is 39.2 Å². The van der Waals surface area contributed by atoms with Crippen molar-refractivity contribution < 1.29 is 33.3 Å². The summed E-state index contributed by atoms with van der Waals surface area (Å²) in [6.45, 7) is 4.46. The topological polar surface area (TPSA) is 118 Å². The van der Waals surface area contributed by atoms with Crippen LogP contribution in [0.4, 0.5) is 0 Å². The van der Waals surface area contributed by atoms with E-state index in [-0.39, 0.29) is 18.0 Å². The first kappa shape index (κ1) is 25.1. The molecule has 0 aliphatic heterocycles. The molecule has 10 heteroatoms. The summed E-state index contributed by atoms with van der Waals surface area (Å²) >= 11 is 1.44. The molecule has 0 fully saturated rings. The van der Waals surface area contributed by atoms with Crippen molar-refractivity contribution in [3.63, 3.8) is 0 Å². The van der Waals surface area contributed by atoms with E-state index in [1.807, 2.05) is 0 Å². The molecule has 0 heterocycles. The maximum Gasteiger partial charge on any atom is 0.303 e. The zero-order valence-corrected chi connectivity index (χ0v) is 16.7. The Balaban J connectivity index is 3.68. The van der Waals surface area contributed by atoms with Gasteiger partial charge in [0.15, 0.2) is 0 Å². The lowest BCUT2D eigenvalue weighted by atomic mass is 10.3. The molecule has 0 rings (SSSR count). The summed E-state index contributed by atoms with van der Waals surface area (Å²) in [6, 6.07) is -0.641. The van der Waals surface area contributed by atoms with E-state index in [0.29, 0.717) is 57.7 Å². The number of methoxy groups -OCH3 is 2. The molecule has 2 atom stereocenters. The second-order valence-corrected chi connectivity index (χ2v) is 6.41. The molecule has 0 saturated carbocycles. The average Bonchev–Trinajstić information content (AvgIpc) is 2.59. The highest BCUT2D eigenvalue weighted by Crippen LogP contribution is 2.08. The molecule has 0 spiro atoms. The molecule has 0 aliphatic rings. The van der Waals surface area contributed by atoms with Crippen LogP contribution in [0, 0.1) is 0 Å². The van der Waals surface area contributed by atoms with E-state index in [1.54, 1.807) is 7.11 Å². The summed E-state index contributed by atoms with van der Waals surface area (Å²) in [5.74, 6) is 0.328. The van der Waals surface area contributed by atoms with Gasteiger partial charge in [-0.05, 0) is 0 Å². The number of hydrogen-bond donors (Lipinski definition) is 2. The molecule has 0 aromatic heterocycles. The molecule has 0 radical (unpaired) electrons. The molecule has 154 valence electrons. The van der Waals surface area contributed by atoms with Gasteiger partial charge in [0.25, 0.3) is 0 Å². The fourth-order valence-corrected chi connectivity index (χ4v) is 2.75. The monoisotopic (exact) mass is 396 g/mol. The standard InChI is InChI=1S/C16H32N2O7S/c1-13(19)25-14(10-22-3)11-26-12-15(17)16(20)18-4-5-23-8-9-24-7-6-21-2/h14-15H,4-12,17H2,1-3H3,(H,18,20). The van der Waals surface area contributed by atoms with E-state index >= 15 is 0 Å². The second-order valence-electron chi connectivity index (χ2n) is 5.34. The minimum absolute atomic E-state index is 0.242. The lowest BCUT2D eigenvalue weighted by Crippen LogP contribution is -2.43. The van der Waals surface area contributed by atoms with Gasteiger partial charge in [0.2, 0.25) is 5.91 Å². The SMILES string of the molecule is COCCOCCOCCNC(=O)C(N)CSCC(COC)OC(C)=O. The molecular weight excluding hydrogens is 364 g/mol. The molecule has 1 amide bonds. The second kappa shape index (κ2) is 17.5. The fourth-order valence-electron chi connectivity index (χ4n) is 1.78. The zero-order chi connectivity index (χ0) is 19.6. The van der Waals surface area contributed by atoms with E-state index in [2.05, 4.69) is 5.32 Å². The number of nitrogens with one attached hydrogen (secondary N) is 1. The molecule has 9 nitrogen and oxygen atoms in total. The molecule has 0 saturated heterocycles. The van der Waals surface area contributed by atoms with Gasteiger partial charge in [-0.25, -0.2) is 0 Å². The van der Waals surface area contributed by atoms with Gasteiger partial charge in [-0.3, -0.25) is 9.59 Å². The molecule has 0 aromatic carbocycles. The van der Waals surface area contributed by atoms with Gasteiger partial charge in [0.05, 0.1) is 45.7 Å². The van der Waals surface area contributed by atoms with Gasteiger partial charge in [-0.15, -0.1) is 0 Å². The van der Waals surface area contributed by atoms with Crippen LogP contribution in [0.5, 0.6) is 0 Å². The summed E-state index contributed by atoms with van der Waals surface area (Å²) < 4.78 is 25.5. The molecule has 0 aliphatic carbocycles. The Hall–Kier alpha value is -0.910. The van der Waals surface area contributed by atoms with Crippen molar-refractivity contribution >= 4 is 23.6 Å². The molecule has 0 bridgehead atoms. The number of ether oxygens (including phenoxy) is 5. The van der Waals surface area contributed by atoms with Gasteiger partial charge >= 0.3 is 5.97 Å². The van der Waals surface area contributed by atoms with Crippen LogP contribution in [0.2, 0.25) is 0 Å². The lowest BCUT2D eigenvalue weighted by molar-refractivity contribution is -0.147. The minimum atomic E-state index is -0.641. The number of rotatable bonds is 17. The van der Waals surface area contributed by atoms with Gasteiger partial charge in [-0.1, -0.05) is 0 Å². The molecular formula is C16H32N2O7S. The number of nitrogens with two attached hydrogens (primary N) is 1. The van der Waals surface area contributed by atoms with E-state index in [1.165, 1.54) is 25.8 Å². The third-order valence-electron chi connectivity index (χ3n) is 2.97. The van der Waals surface area contributed by atoms with Crippen molar-refractivity contribution in [2.24, 2.45) is 5.73 Å². The average molecular weight is 397 g/mol. The summed E-state index contributed by atoms with van der Waals surface area (Å²) in [5, 5.41) is 2.72. The number of amides is 1. The summed E-state index contributed by atoms with van der Waals surface area (Å²) in [5.41, 5.74) is 5.84. The number of esters is 1. The molecule has 3 N–H and O–H groups in total. The number of carbonyl (C=O) groups excluding carboxylic acids is 2. The van der Waals surface area contributed by atoms with Crippen LogP contribution in [0.15, 0.2) is 0 Å². The largest absolute Gasteiger partial charge is 0.459 e. The van der Waals surface area contributed by atoms with Gasteiger partial charge < -0.3 is 34.7 Å². The van der Waals surface area contributed by atoms with Crippen molar-refractivity contribution in [2.75, 3.05) is 71.9 Å². The van der Waals surface area contributed by atoms with E-state index < -0.39 is 6.04 Å². The Labute approximate surface area is 159 Å². The lowest BCUT2D eigenvalue weighted by Gasteiger charge is -2.17. The van der Waals surface area contributed by atoms with Crippen LogP contribution in [0.25, 0.3) is 0 Å². The smallest absolute Gasteiger partial charge is 0.303 e. The summed E-state index contributed by atoms with van der Waals surface area (Å²) in [4.78, 5) is 22.9. The predicted octanol–water partition coefficient (Wildman–Crippen LogP) is -0.579. The normalized spacial score (nSPS) is 13.2. The first-order chi connectivity index (χ1) is 12.5. The van der Waals surface area contributed by atoms with Crippen LogP contribution >= 0.6 is 11.8 Å². The van der Waals surface area contributed by atoms with Crippen molar-refractivity contribution in [3.05, 3.63) is 0 Å². The summed E-state index contributed by atoms with van der Waals surface area (Å²) in [7, 11) is 3.15. The molecule has 2 unspecified atom stereocenters. The van der Waals surface area contributed by atoms with Crippen LogP contribution in [-0.4, -0.2) is 95.9 Å². The first-order valence-electron chi connectivity index (χ1n) is 8.42. The first-order valence-corrected chi connectivity index (χ1v) is 9.58. The van der Waals surface area contributed by atoms with Crippen molar-refractivity contribution in [3.8, 4) is 0 Å². The fraction of sp³-hybridized carbons (Fsp3) is 0.875. The molecule has 26 heavy (non-hydrogen) atoms. The maximum absolute atomic E-state index is 11.9. The highest BCUT2D eigenvalue weighted by Gasteiger charge is 2.16. The van der Waals surface area contributed by atoms with Crippen LogP contribution < -0.4 is 11.1 Å². The molecule has 0 aromatic rings. The highest BCUT2D eigenvalue weighted by atomic mass is 32.2. The number of hydrogen-bond acceptors (Lipinski definition) is 9. The highest BCUT2D eigenvalue weighted by molar-refractivity contribution is 7.99. The number of carbonyl (C=O) groups is 2.